The van der Waals surface area contributed by atoms with Crippen LogP contribution in [0.3, 0.4) is 0 Å². The van der Waals surface area contributed by atoms with Crippen molar-refractivity contribution in [3.63, 3.8) is 0 Å². The number of fused-ring (bicyclic) bond motifs is 1. The molecular weight excluding hydrogens is 302 g/mol. The molecule has 1 aliphatic heterocycles. The van der Waals surface area contributed by atoms with Gasteiger partial charge < -0.3 is 15.6 Å². The zero-order valence-corrected chi connectivity index (χ0v) is 12.3. The zero-order chi connectivity index (χ0) is 15.3. The van der Waals surface area contributed by atoms with E-state index in [2.05, 4.69) is 5.10 Å². The molecule has 7 heteroatoms. The van der Waals surface area contributed by atoms with Crippen molar-refractivity contribution in [2.45, 2.75) is 5.60 Å². The van der Waals surface area contributed by atoms with Gasteiger partial charge in [0, 0.05) is 6.20 Å². The number of amides is 1. The van der Waals surface area contributed by atoms with E-state index in [0.29, 0.717) is 18.8 Å². The van der Waals surface area contributed by atoms with Gasteiger partial charge in [-0.05, 0) is 11.1 Å². The highest BCUT2D eigenvalue weighted by Gasteiger charge is 2.37. The Kier molecular flexibility index (Phi) is 2.83. The Balaban J connectivity index is 1.71. The van der Waals surface area contributed by atoms with E-state index >= 15 is 0 Å². The van der Waals surface area contributed by atoms with Gasteiger partial charge >= 0.3 is 0 Å². The third-order valence-corrected chi connectivity index (χ3v) is 5.01. The van der Waals surface area contributed by atoms with Crippen molar-refractivity contribution in [2.75, 3.05) is 13.2 Å². The number of nitrogens with zero attached hydrogens (tertiary/aromatic N) is 2. The molecule has 2 aromatic heterocycles. The first-order valence-corrected chi connectivity index (χ1v) is 7.56. The van der Waals surface area contributed by atoms with E-state index in [-0.39, 0.29) is 0 Å². The van der Waals surface area contributed by atoms with Crippen LogP contribution in [0.1, 0.15) is 15.9 Å². The quantitative estimate of drug-likeness (QED) is 0.764. The highest BCUT2D eigenvalue weighted by molar-refractivity contribution is 7.21. The van der Waals surface area contributed by atoms with E-state index in [1.807, 2.05) is 30.5 Å². The molecule has 0 aliphatic carbocycles. The van der Waals surface area contributed by atoms with Gasteiger partial charge in [0.05, 0.1) is 29.9 Å². The van der Waals surface area contributed by atoms with Crippen molar-refractivity contribution in [1.29, 1.82) is 0 Å². The third kappa shape index (κ3) is 1.94. The van der Waals surface area contributed by atoms with E-state index in [0.717, 1.165) is 20.8 Å². The molecule has 0 spiro atoms. The fourth-order valence-electron chi connectivity index (χ4n) is 2.50. The molecule has 3 N–H and O–H groups in total. The highest BCUT2D eigenvalue weighted by Crippen LogP contribution is 2.33. The van der Waals surface area contributed by atoms with Gasteiger partial charge in [0.15, 0.2) is 0 Å². The van der Waals surface area contributed by atoms with Crippen LogP contribution < -0.4 is 5.73 Å². The summed E-state index contributed by atoms with van der Waals surface area (Å²) < 4.78 is 6.72. The number of carbonyl (C=O) groups is 1. The zero-order valence-electron chi connectivity index (χ0n) is 11.5. The first-order valence-electron chi connectivity index (χ1n) is 6.75. The number of aliphatic hydroxyl groups is 1. The Morgan fingerprint density at radius 3 is 2.68 bits per heavy atom. The summed E-state index contributed by atoms with van der Waals surface area (Å²) in [5, 5.41) is 14.4. The minimum atomic E-state index is -0.859. The van der Waals surface area contributed by atoms with Crippen molar-refractivity contribution in [2.24, 2.45) is 5.73 Å². The van der Waals surface area contributed by atoms with Gasteiger partial charge in [-0.25, -0.2) is 4.52 Å². The van der Waals surface area contributed by atoms with Crippen molar-refractivity contribution < 1.29 is 14.6 Å². The van der Waals surface area contributed by atoms with E-state index in [1.54, 1.807) is 4.52 Å². The minimum absolute atomic E-state index is 0.334. The maximum atomic E-state index is 11.4. The molecular formula is C15H13N3O3S. The molecule has 1 fully saturated rings. The van der Waals surface area contributed by atoms with Crippen LogP contribution in [-0.4, -0.2) is 33.8 Å². The molecule has 1 aliphatic rings. The normalized spacial score (nSPS) is 16.6. The minimum Gasteiger partial charge on any atom is -0.380 e. The Bertz CT molecular complexity index is 862. The van der Waals surface area contributed by atoms with Crippen molar-refractivity contribution in [3.8, 4) is 10.4 Å². The van der Waals surface area contributed by atoms with Crippen LogP contribution in [-0.2, 0) is 10.3 Å². The predicted molar refractivity (Wildman–Crippen MR) is 81.7 cm³/mol. The molecule has 0 bridgehead atoms. The molecule has 1 saturated heterocycles. The van der Waals surface area contributed by atoms with Gasteiger partial charge in [0.2, 0.25) is 0 Å². The fraction of sp³-hybridized carbons (Fsp3) is 0.200. The number of rotatable bonds is 3. The number of nitrogens with two attached hydrogens (primary N) is 1. The number of hydrogen-bond acceptors (Lipinski definition) is 5. The molecule has 1 amide bonds. The first-order chi connectivity index (χ1) is 10.6. The van der Waals surface area contributed by atoms with Crippen LogP contribution in [0.2, 0.25) is 0 Å². The number of hydrogen-bond donors (Lipinski definition) is 2. The number of ether oxygens (including phenoxy) is 1. The number of carbonyl (C=O) groups excluding carboxylic acids is 1. The van der Waals surface area contributed by atoms with E-state index in [4.69, 9.17) is 10.5 Å². The number of primary amides is 1. The van der Waals surface area contributed by atoms with Crippen molar-refractivity contribution in [3.05, 3.63) is 47.8 Å². The predicted octanol–water partition coefficient (Wildman–Crippen LogP) is 1.38. The number of aromatic nitrogens is 2. The Morgan fingerprint density at radius 2 is 2.09 bits per heavy atom. The average molecular weight is 315 g/mol. The summed E-state index contributed by atoms with van der Waals surface area (Å²) in [4.78, 5) is 13.1. The smallest absolute Gasteiger partial charge is 0.253 e. The molecule has 6 nitrogen and oxygen atoms in total. The van der Waals surface area contributed by atoms with Gasteiger partial charge in [0.1, 0.15) is 10.4 Å². The maximum Gasteiger partial charge on any atom is 0.253 e. The third-order valence-electron chi connectivity index (χ3n) is 3.85. The van der Waals surface area contributed by atoms with Gasteiger partial charge in [-0.1, -0.05) is 24.3 Å². The highest BCUT2D eigenvalue weighted by atomic mass is 32.1. The van der Waals surface area contributed by atoms with E-state index in [1.165, 1.54) is 17.5 Å². The monoisotopic (exact) mass is 315 g/mol. The lowest BCUT2D eigenvalue weighted by Crippen LogP contribution is -2.46. The summed E-state index contributed by atoms with van der Waals surface area (Å²) in [6.45, 7) is 0.669. The summed E-state index contributed by atoms with van der Waals surface area (Å²) in [5.41, 5.74) is 6.75. The molecule has 112 valence electrons. The van der Waals surface area contributed by atoms with Crippen LogP contribution >= 0.6 is 11.3 Å². The van der Waals surface area contributed by atoms with Crippen molar-refractivity contribution >= 4 is 22.1 Å². The Morgan fingerprint density at radius 1 is 1.36 bits per heavy atom. The Labute approximate surface area is 129 Å². The first kappa shape index (κ1) is 13.4. The molecule has 4 rings (SSSR count). The molecule has 1 aromatic carbocycles. The summed E-state index contributed by atoms with van der Waals surface area (Å²) in [6.07, 6.45) is 3.34. The second-order valence-electron chi connectivity index (χ2n) is 5.37. The summed E-state index contributed by atoms with van der Waals surface area (Å²) in [7, 11) is 0. The standard InChI is InChI=1S/C15H13N3O3S/c16-13(19)11-5-17-18-6-12(22-14(11)18)9-1-3-10(4-2-9)15(20)7-21-8-15/h1-6,20H,7-8H2,(H2,16,19). The lowest BCUT2D eigenvalue weighted by molar-refractivity contribution is -0.184. The fourth-order valence-corrected chi connectivity index (χ4v) is 3.57. The van der Waals surface area contributed by atoms with Crippen molar-refractivity contribution in [1.82, 2.24) is 9.61 Å². The lowest BCUT2D eigenvalue weighted by atomic mass is 9.91. The number of thiazole rings is 1. The van der Waals surface area contributed by atoms with Crippen LogP contribution in [0.5, 0.6) is 0 Å². The summed E-state index contributed by atoms with van der Waals surface area (Å²) in [5.74, 6) is -0.481. The molecule has 0 saturated carbocycles. The maximum absolute atomic E-state index is 11.4. The van der Waals surface area contributed by atoms with Crippen LogP contribution in [0.25, 0.3) is 15.3 Å². The molecule has 22 heavy (non-hydrogen) atoms. The lowest BCUT2D eigenvalue weighted by Gasteiger charge is -2.36. The largest absolute Gasteiger partial charge is 0.380 e. The second-order valence-corrected chi connectivity index (χ2v) is 6.40. The van der Waals surface area contributed by atoms with Crippen LogP contribution in [0.15, 0.2) is 36.7 Å². The van der Waals surface area contributed by atoms with E-state index < -0.39 is 11.5 Å². The SMILES string of the molecule is NC(=O)c1cnn2cc(-c3ccc(C4(O)COC4)cc3)sc12. The van der Waals surface area contributed by atoms with Gasteiger partial charge in [0.25, 0.3) is 5.91 Å². The molecule has 0 atom stereocenters. The topological polar surface area (TPSA) is 89.9 Å². The van der Waals surface area contributed by atoms with Gasteiger partial charge in [-0.2, -0.15) is 5.10 Å². The van der Waals surface area contributed by atoms with Crippen LogP contribution in [0.4, 0.5) is 0 Å². The summed E-state index contributed by atoms with van der Waals surface area (Å²) in [6, 6.07) is 7.69. The molecule has 0 unspecified atom stereocenters. The second kappa shape index (κ2) is 4.64. The molecule has 3 heterocycles. The average Bonchev–Trinajstić information content (AvgIpc) is 3.04. The van der Waals surface area contributed by atoms with Gasteiger partial charge in [-0.3, -0.25) is 4.79 Å². The number of benzene rings is 1. The van der Waals surface area contributed by atoms with E-state index in [9.17, 15) is 9.90 Å². The molecule has 0 radical (unpaired) electrons. The van der Waals surface area contributed by atoms with Gasteiger partial charge in [-0.15, -0.1) is 11.3 Å². The summed E-state index contributed by atoms with van der Waals surface area (Å²) >= 11 is 1.46. The van der Waals surface area contributed by atoms with Crippen LogP contribution in [0, 0.1) is 0 Å². The Hall–Kier alpha value is -2.22. The molecule has 3 aromatic rings.